The molecule has 1 aliphatic rings. The third-order valence-electron chi connectivity index (χ3n) is 12.2. The second kappa shape index (κ2) is 14.3. The molecule has 10 aromatic carbocycles. The van der Waals surface area contributed by atoms with Crippen molar-refractivity contribution < 1.29 is 0 Å². The smallest absolute Gasteiger partial charge is 0.159 e. The Balaban J connectivity index is 0.924. The molecule has 12 rings (SSSR count). The molecule has 286 valence electrons. The van der Waals surface area contributed by atoms with Crippen molar-refractivity contribution in [3.05, 3.63) is 235 Å². The summed E-state index contributed by atoms with van der Waals surface area (Å²) in [6.07, 6.45) is -0.310. The minimum absolute atomic E-state index is 0.310. The van der Waals surface area contributed by atoms with Gasteiger partial charge in [0.25, 0.3) is 0 Å². The summed E-state index contributed by atoms with van der Waals surface area (Å²) in [6.45, 7) is 0. The summed E-state index contributed by atoms with van der Waals surface area (Å²) in [6, 6.07) is 78.3. The number of fused-ring (bicyclic) bond motifs is 8. The number of rotatable bonds is 6. The van der Waals surface area contributed by atoms with Crippen molar-refractivity contribution in [3.8, 4) is 27.9 Å². The molecule has 0 bridgehead atoms. The zero-order valence-electron chi connectivity index (χ0n) is 33.2. The fraction of sp³-hybridized carbons (Fsp3) is 0.0175. The molecule has 2 heterocycles. The van der Waals surface area contributed by atoms with Gasteiger partial charge in [0.15, 0.2) is 5.84 Å². The number of aromatic nitrogens is 1. The molecular formula is C57H38N4. The van der Waals surface area contributed by atoms with E-state index >= 15 is 0 Å². The number of aliphatic imine (C=N–C) groups is 2. The predicted octanol–water partition coefficient (Wildman–Crippen LogP) is 14.1. The molecule has 1 aliphatic heterocycles. The number of nitrogens with one attached hydrogen (secondary N) is 1. The van der Waals surface area contributed by atoms with Crippen LogP contribution in [-0.2, 0) is 0 Å². The number of benzene rings is 10. The first kappa shape index (κ1) is 34.9. The maximum atomic E-state index is 5.20. The summed E-state index contributed by atoms with van der Waals surface area (Å²) in [7, 11) is 0. The zero-order chi connectivity index (χ0) is 40.3. The second-order valence-corrected chi connectivity index (χ2v) is 15.8. The average Bonchev–Trinajstić information content (AvgIpc) is 3.70. The molecule has 0 fully saturated rings. The average molecular weight is 779 g/mol. The highest BCUT2D eigenvalue weighted by molar-refractivity contribution is 6.28. The van der Waals surface area contributed by atoms with Crippen LogP contribution >= 0.6 is 0 Å². The van der Waals surface area contributed by atoms with Crippen molar-refractivity contribution in [1.29, 1.82) is 0 Å². The van der Waals surface area contributed by atoms with Crippen molar-refractivity contribution in [2.45, 2.75) is 6.17 Å². The highest BCUT2D eigenvalue weighted by Crippen LogP contribution is 2.41. The number of hydrogen-bond acceptors (Lipinski definition) is 3. The second-order valence-electron chi connectivity index (χ2n) is 15.8. The Labute approximate surface area is 353 Å². The third-order valence-corrected chi connectivity index (χ3v) is 12.2. The van der Waals surface area contributed by atoms with E-state index in [1.54, 1.807) is 0 Å². The summed E-state index contributed by atoms with van der Waals surface area (Å²) >= 11 is 0. The van der Waals surface area contributed by atoms with E-state index in [9.17, 15) is 0 Å². The van der Waals surface area contributed by atoms with Gasteiger partial charge in [0, 0.05) is 27.6 Å². The van der Waals surface area contributed by atoms with Crippen molar-refractivity contribution in [1.82, 2.24) is 9.88 Å². The first-order chi connectivity index (χ1) is 30.2. The summed E-state index contributed by atoms with van der Waals surface area (Å²) in [5.41, 5.74) is 11.2. The van der Waals surface area contributed by atoms with Gasteiger partial charge in [-0.2, -0.15) is 0 Å². The van der Waals surface area contributed by atoms with E-state index in [1.165, 1.54) is 59.9 Å². The molecule has 0 aliphatic carbocycles. The van der Waals surface area contributed by atoms with Gasteiger partial charge in [0.2, 0.25) is 0 Å². The molecule has 1 unspecified atom stereocenters. The fourth-order valence-electron chi connectivity index (χ4n) is 9.18. The van der Waals surface area contributed by atoms with Crippen LogP contribution in [0.15, 0.2) is 228 Å². The SMILES string of the molecule is c1ccc(-c2ccc(C3N=C(c4ccc5ccccc5c4)N=C(c4ccc(-c5cccc(-n6c7ccc8ccccc8c7c7c8ccccc8ccc76)c5)cc4)N3)cc2)cc1. The molecule has 0 saturated carbocycles. The predicted molar refractivity (Wildman–Crippen MR) is 256 cm³/mol. The Morgan fingerprint density at radius 3 is 1.61 bits per heavy atom. The third kappa shape index (κ3) is 6.08. The van der Waals surface area contributed by atoms with Gasteiger partial charge in [-0.05, 0) is 90.5 Å². The van der Waals surface area contributed by atoms with Crippen LogP contribution in [0.5, 0.6) is 0 Å². The lowest BCUT2D eigenvalue weighted by molar-refractivity contribution is 0.674. The van der Waals surface area contributed by atoms with E-state index in [4.69, 9.17) is 9.98 Å². The zero-order valence-corrected chi connectivity index (χ0v) is 33.2. The van der Waals surface area contributed by atoms with Gasteiger partial charge in [-0.15, -0.1) is 0 Å². The van der Waals surface area contributed by atoms with E-state index < -0.39 is 0 Å². The Hall–Kier alpha value is -8.08. The summed E-state index contributed by atoms with van der Waals surface area (Å²) in [4.78, 5) is 10.4. The topological polar surface area (TPSA) is 41.7 Å². The molecule has 0 radical (unpaired) electrons. The number of nitrogens with zero attached hydrogens (tertiary/aromatic N) is 3. The van der Waals surface area contributed by atoms with E-state index in [-0.39, 0.29) is 6.17 Å². The quantitative estimate of drug-likeness (QED) is 0.179. The highest BCUT2D eigenvalue weighted by Gasteiger charge is 2.22. The lowest BCUT2D eigenvalue weighted by Gasteiger charge is -2.24. The van der Waals surface area contributed by atoms with Crippen LogP contribution in [0.25, 0.3) is 82.1 Å². The van der Waals surface area contributed by atoms with E-state index in [1.807, 2.05) is 6.07 Å². The van der Waals surface area contributed by atoms with Gasteiger partial charge in [-0.1, -0.05) is 188 Å². The Bertz CT molecular complexity index is 3450. The normalized spacial score (nSPS) is 14.1. The van der Waals surface area contributed by atoms with Gasteiger partial charge >= 0.3 is 0 Å². The minimum Gasteiger partial charge on any atom is -0.344 e. The molecule has 0 saturated heterocycles. The largest absolute Gasteiger partial charge is 0.344 e. The first-order valence-corrected chi connectivity index (χ1v) is 20.8. The van der Waals surface area contributed by atoms with Gasteiger partial charge < -0.3 is 9.88 Å². The van der Waals surface area contributed by atoms with E-state index in [2.05, 4.69) is 222 Å². The molecule has 0 spiro atoms. The highest BCUT2D eigenvalue weighted by atomic mass is 15.2. The molecule has 61 heavy (non-hydrogen) atoms. The first-order valence-electron chi connectivity index (χ1n) is 20.8. The maximum Gasteiger partial charge on any atom is 0.159 e. The number of amidine groups is 2. The lowest BCUT2D eigenvalue weighted by atomic mass is 10.00. The minimum atomic E-state index is -0.310. The van der Waals surface area contributed by atoms with Gasteiger partial charge in [0.05, 0.1) is 11.0 Å². The molecule has 4 nitrogen and oxygen atoms in total. The van der Waals surface area contributed by atoms with Crippen LogP contribution in [-0.4, -0.2) is 16.2 Å². The van der Waals surface area contributed by atoms with Crippen LogP contribution < -0.4 is 5.32 Å². The van der Waals surface area contributed by atoms with Crippen molar-refractivity contribution in [2.75, 3.05) is 0 Å². The van der Waals surface area contributed by atoms with Gasteiger partial charge in [-0.25, -0.2) is 9.98 Å². The maximum absolute atomic E-state index is 5.20. The number of hydrogen-bond donors (Lipinski definition) is 1. The van der Waals surface area contributed by atoms with Crippen LogP contribution in [0.2, 0.25) is 0 Å². The monoisotopic (exact) mass is 778 g/mol. The lowest BCUT2D eigenvalue weighted by Crippen LogP contribution is -2.33. The molecular weight excluding hydrogens is 741 g/mol. The summed E-state index contributed by atoms with van der Waals surface area (Å²) in [5, 5.41) is 13.7. The molecule has 4 heteroatoms. The molecule has 11 aromatic rings. The summed E-state index contributed by atoms with van der Waals surface area (Å²) < 4.78 is 2.43. The van der Waals surface area contributed by atoms with Gasteiger partial charge in [-0.3, -0.25) is 0 Å². The summed E-state index contributed by atoms with van der Waals surface area (Å²) in [5.74, 6) is 1.50. The van der Waals surface area contributed by atoms with Crippen molar-refractivity contribution in [3.63, 3.8) is 0 Å². The van der Waals surface area contributed by atoms with Crippen LogP contribution in [0.4, 0.5) is 0 Å². The Kier molecular flexibility index (Phi) is 8.20. The molecule has 1 atom stereocenters. The van der Waals surface area contributed by atoms with Crippen LogP contribution in [0.1, 0.15) is 22.9 Å². The molecule has 0 amide bonds. The Morgan fingerprint density at radius 1 is 0.377 bits per heavy atom. The standard InChI is InChI=1S/C57H38N4/c1-2-11-37(12-3-1)39-21-26-43(27-22-39)55-58-56(60-57(59-55)47-30-25-38-13-4-5-16-45(38)35-47)44-28-23-40(24-29-44)46-17-10-18-48(36-46)61-51-33-31-41-14-6-8-19-49(41)53(51)54-50-20-9-7-15-42(50)32-34-52(54)61/h1-36,55H,(H,58,59,60). The van der Waals surface area contributed by atoms with Crippen LogP contribution in [0, 0.1) is 0 Å². The van der Waals surface area contributed by atoms with Crippen LogP contribution in [0.3, 0.4) is 0 Å². The molecule has 1 aromatic heterocycles. The van der Waals surface area contributed by atoms with E-state index in [0.717, 1.165) is 44.7 Å². The van der Waals surface area contributed by atoms with Gasteiger partial charge in [0.1, 0.15) is 12.0 Å². The van der Waals surface area contributed by atoms with E-state index in [0.29, 0.717) is 5.84 Å². The molecule has 1 N–H and O–H groups in total. The van der Waals surface area contributed by atoms with Crippen molar-refractivity contribution >= 4 is 65.8 Å². The fourth-order valence-corrected chi connectivity index (χ4v) is 9.18. The van der Waals surface area contributed by atoms with Crippen molar-refractivity contribution in [2.24, 2.45) is 9.98 Å². The Morgan fingerprint density at radius 2 is 0.902 bits per heavy atom.